The molecular weight excluding hydrogens is 503 g/mol. The predicted molar refractivity (Wildman–Crippen MR) is 141 cm³/mol. The largest absolute Gasteiger partial charge is 0.495 e. The molecule has 1 atom stereocenters. The monoisotopic (exact) mass is 528 g/mol. The number of hydrogen-bond donors (Lipinski definition) is 2. The average Bonchev–Trinajstić information content (AvgIpc) is 2.85. The lowest BCUT2D eigenvalue weighted by molar-refractivity contribution is -0.143. The molecule has 0 bridgehead atoms. The Morgan fingerprint density at radius 3 is 2.06 bits per heavy atom. The third-order valence-corrected chi connectivity index (χ3v) is 6.46. The molecule has 188 valence electrons. The molecule has 3 aromatic rings. The number of benzene rings is 3. The maximum Gasteiger partial charge on any atom is 0.326 e. The first-order valence-electron chi connectivity index (χ1n) is 11.1. The van der Waals surface area contributed by atoms with Crippen molar-refractivity contribution >= 4 is 46.7 Å². The minimum Gasteiger partial charge on any atom is -0.495 e. The second-order valence-electron chi connectivity index (χ2n) is 8.52. The van der Waals surface area contributed by atoms with Gasteiger partial charge < -0.3 is 20.1 Å². The summed E-state index contributed by atoms with van der Waals surface area (Å²) in [5, 5.41) is 12.9. The van der Waals surface area contributed by atoms with Crippen molar-refractivity contribution in [1.82, 2.24) is 4.90 Å². The highest BCUT2D eigenvalue weighted by Gasteiger charge is 2.30. The summed E-state index contributed by atoms with van der Waals surface area (Å²) in [6.07, 6.45) is 0. The van der Waals surface area contributed by atoms with Crippen molar-refractivity contribution in [1.29, 1.82) is 0 Å². The number of ether oxygens (including phenoxy) is 1. The Labute approximate surface area is 219 Å². The molecule has 0 aromatic heterocycles. The Balaban J connectivity index is 1.80. The van der Waals surface area contributed by atoms with Crippen LogP contribution in [-0.2, 0) is 4.79 Å². The van der Waals surface area contributed by atoms with Gasteiger partial charge in [-0.1, -0.05) is 55.2 Å². The van der Waals surface area contributed by atoms with Gasteiger partial charge in [0.2, 0.25) is 0 Å². The number of carbonyl (C=O) groups excluding carboxylic acids is 2. The second-order valence-corrected chi connectivity index (χ2v) is 9.33. The minimum absolute atomic E-state index is 0.237. The summed E-state index contributed by atoms with van der Waals surface area (Å²) in [6.45, 7) is 3.52. The Hall–Kier alpha value is -3.55. The zero-order valence-corrected chi connectivity index (χ0v) is 21.7. The van der Waals surface area contributed by atoms with Crippen LogP contribution >= 0.6 is 23.2 Å². The molecule has 0 saturated heterocycles. The summed E-state index contributed by atoms with van der Waals surface area (Å²) in [5.74, 6) is -1.58. The molecule has 2 N–H and O–H groups in total. The summed E-state index contributed by atoms with van der Waals surface area (Å²) in [4.78, 5) is 38.3. The molecule has 0 unspecified atom stereocenters. The third kappa shape index (κ3) is 5.98. The van der Waals surface area contributed by atoms with Gasteiger partial charge in [-0.2, -0.15) is 0 Å². The number of aliphatic carboxylic acids is 1. The highest BCUT2D eigenvalue weighted by atomic mass is 35.5. The maximum absolute atomic E-state index is 12.8. The highest BCUT2D eigenvalue weighted by molar-refractivity contribution is 6.42. The molecule has 36 heavy (non-hydrogen) atoms. The van der Waals surface area contributed by atoms with Gasteiger partial charge in [0.25, 0.3) is 11.8 Å². The Morgan fingerprint density at radius 2 is 1.50 bits per heavy atom. The highest BCUT2D eigenvalue weighted by Crippen LogP contribution is 2.32. The SMILES string of the molecule is COc1cc(-c2ccc(C(=O)N(C)[C@H](C(=O)O)C(C)C)cc2)ccc1NC(=O)c1ccc(Cl)c(Cl)c1. The van der Waals surface area contributed by atoms with Gasteiger partial charge in [-0.25, -0.2) is 4.79 Å². The number of rotatable bonds is 8. The van der Waals surface area contributed by atoms with Crippen molar-refractivity contribution in [2.24, 2.45) is 5.92 Å². The number of amides is 2. The van der Waals surface area contributed by atoms with Crippen LogP contribution in [0.25, 0.3) is 11.1 Å². The van der Waals surface area contributed by atoms with Crippen LogP contribution in [0.15, 0.2) is 60.7 Å². The summed E-state index contributed by atoms with van der Waals surface area (Å²) in [7, 11) is 2.99. The number of nitrogens with zero attached hydrogens (tertiary/aromatic N) is 1. The molecule has 3 aromatic carbocycles. The topological polar surface area (TPSA) is 95.9 Å². The summed E-state index contributed by atoms with van der Waals surface area (Å²) < 4.78 is 5.47. The number of methoxy groups -OCH3 is 1. The molecule has 0 aliphatic carbocycles. The Morgan fingerprint density at radius 1 is 0.889 bits per heavy atom. The van der Waals surface area contributed by atoms with Gasteiger partial charge in [0.15, 0.2) is 0 Å². The standard InChI is InChI=1S/C27H26Cl2N2O5/c1-15(2)24(27(34)35)31(3)26(33)17-7-5-16(6-8-17)18-10-12-22(23(14-18)36-4)30-25(32)19-9-11-20(28)21(29)13-19/h5-15,24H,1-4H3,(H,30,32)(H,34,35)/t24-/m0/s1. The molecule has 2 amide bonds. The van der Waals surface area contributed by atoms with Gasteiger partial charge in [0.05, 0.1) is 22.8 Å². The normalized spacial score (nSPS) is 11.6. The fraction of sp³-hybridized carbons (Fsp3) is 0.222. The molecule has 7 nitrogen and oxygen atoms in total. The van der Waals surface area contributed by atoms with Crippen molar-refractivity contribution in [3.63, 3.8) is 0 Å². The average molecular weight is 529 g/mol. The van der Waals surface area contributed by atoms with Gasteiger partial charge >= 0.3 is 5.97 Å². The number of likely N-dealkylation sites (N-methyl/N-ethyl adjacent to an activating group) is 1. The van der Waals surface area contributed by atoms with E-state index >= 15 is 0 Å². The van der Waals surface area contributed by atoms with Gasteiger partial charge in [0, 0.05) is 18.2 Å². The first kappa shape index (κ1) is 27.0. The van der Waals surface area contributed by atoms with Crippen molar-refractivity contribution in [2.75, 3.05) is 19.5 Å². The van der Waals surface area contributed by atoms with Crippen molar-refractivity contribution in [2.45, 2.75) is 19.9 Å². The number of carboxylic acids is 1. The van der Waals surface area contributed by atoms with Crippen molar-refractivity contribution in [3.05, 3.63) is 81.8 Å². The van der Waals surface area contributed by atoms with Crippen LogP contribution in [0.2, 0.25) is 10.0 Å². The van der Waals surface area contributed by atoms with E-state index in [-0.39, 0.29) is 22.8 Å². The maximum atomic E-state index is 12.8. The van der Waals surface area contributed by atoms with Crippen LogP contribution in [0.4, 0.5) is 5.69 Å². The summed E-state index contributed by atoms with van der Waals surface area (Å²) in [5.41, 5.74) is 2.82. The van der Waals surface area contributed by atoms with E-state index in [1.807, 2.05) is 6.07 Å². The van der Waals surface area contributed by atoms with E-state index in [1.165, 1.54) is 25.1 Å². The lowest BCUT2D eigenvalue weighted by atomic mass is 10.0. The predicted octanol–water partition coefficient (Wildman–Crippen LogP) is 6.10. The van der Waals surface area contributed by atoms with Crippen LogP contribution in [0.1, 0.15) is 34.6 Å². The van der Waals surface area contributed by atoms with Gasteiger partial charge in [-0.05, 0) is 59.5 Å². The first-order valence-corrected chi connectivity index (χ1v) is 11.8. The quantitative estimate of drug-likeness (QED) is 0.368. The fourth-order valence-electron chi connectivity index (χ4n) is 3.84. The van der Waals surface area contributed by atoms with E-state index < -0.39 is 12.0 Å². The number of anilines is 1. The minimum atomic E-state index is -1.05. The lowest BCUT2D eigenvalue weighted by Gasteiger charge is -2.27. The van der Waals surface area contributed by atoms with Crippen LogP contribution in [0.3, 0.4) is 0 Å². The zero-order valence-electron chi connectivity index (χ0n) is 20.2. The number of halogens is 2. The van der Waals surface area contributed by atoms with Crippen molar-refractivity contribution < 1.29 is 24.2 Å². The molecule has 0 fully saturated rings. The first-order chi connectivity index (χ1) is 17.0. The molecular formula is C27H26Cl2N2O5. The second kappa shape index (κ2) is 11.5. The Kier molecular flexibility index (Phi) is 8.61. The van der Waals surface area contributed by atoms with Gasteiger partial charge in [-0.3, -0.25) is 9.59 Å². The third-order valence-electron chi connectivity index (χ3n) is 5.72. The van der Waals surface area contributed by atoms with Gasteiger partial charge in [-0.15, -0.1) is 0 Å². The Bertz CT molecular complexity index is 1290. The van der Waals surface area contributed by atoms with E-state index in [4.69, 9.17) is 27.9 Å². The molecule has 0 aliphatic rings. The number of carbonyl (C=O) groups is 3. The lowest BCUT2D eigenvalue weighted by Crippen LogP contribution is -2.45. The summed E-state index contributed by atoms with van der Waals surface area (Å²) in [6, 6.07) is 15.8. The van der Waals surface area contributed by atoms with E-state index in [1.54, 1.807) is 62.4 Å². The number of carboxylic acid groups (broad SMARTS) is 1. The molecule has 0 spiro atoms. The van der Waals surface area contributed by atoms with E-state index in [0.717, 1.165) is 11.1 Å². The van der Waals surface area contributed by atoms with Crippen LogP contribution in [0, 0.1) is 5.92 Å². The fourth-order valence-corrected chi connectivity index (χ4v) is 4.14. The summed E-state index contributed by atoms with van der Waals surface area (Å²) >= 11 is 11.9. The van der Waals surface area contributed by atoms with Crippen LogP contribution in [-0.4, -0.2) is 48.0 Å². The van der Waals surface area contributed by atoms with E-state index in [2.05, 4.69) is 5.32 Å². The smallest absolute Gasteiger partial charge is 0.326 e. The molecule has 0 aliphatic heterocycles. The number of nitrogens with one attached hydrogen (secondary N) is 1. The van der Waals surface area contributed by atoms with Crippen molar-refractivity contribution in [3.8, 4) is 16.9 Å². The van der Waals surface area contributed by atoms with Crippen LogP contribution in [0.5, 0.6) is 5.75 Å². The van der Waals surface area contributed by atoms with Crippen LogP contribution < -0.4 is 10.1 Å². The van der Waals surface area contributed by atoms with E-state index in [0.29, 0.717) is 27.6 Å². The molecule has 0 saturated carbocycles. The zero-order chi connectivity index (χ0) is 26.6. The molecule has 9 heteroatoms. The van der Waals surface area contributed by atoms with E-state index in [9.17, 15) is 19.5 Å². The van der Waals surface area contributed by atoms with Gasteiger partial charge in [0.1, 0.15) is 11.8 Å². The number of hydrogen-bond acceptors (Lipinski definition) is 4. The molecule has 0 radical (unpaired) electrons. The molecule has 3 rings (SSSR count). The molecule has 0 heterocycles.